The van der Waals surface area contributed by atoms with E-state index >= 15 is 0 Å². The van der Waals surface area contributed by atoms with Gasteiger partial charge >= 0.3 is 0 Å². The van der Waals surface area contributed by atoms with Crippen LogP contribution in [0.25, 0.3) is 0 Å². The summed E-state index contributed by atoms with van der Waals surface area (Å²) in [6.07, 6.45) is 0.439. The van der Waals surface area contributed by atoms with E-state index in [9.17, 15) is 10.1 Å². The SMILES string of the molecule is N#CC(c1cccc(Br)c1)N1CCN(C(=O)Cc2ccccc2)CC1. The standard InChI is InChI=1S/C20H20BrN3O/c21-18-8-4-7-17(14-18)19(15-22)23-9-11-24(12-10-23)20(25)13-16-5-2-1-3-6-16/h1-8,14,19H,9-13H2. The van der Waals surface area contributed by atoms with Crippen LogP contribution in [0.4, 0.5) is 0 Å². The Morgan fingerprint density at radius 2 is 1.80 bits per heavy atom. The zero-order valence-corrected chi connectivity index (χ0v) is 15.5. The average Bonchev–Trinajstić information content (AvgIpc) is 2.64. The van der Waals surface area contributed by atoms with E-state index in [0.717, 1.165) is 15.6 Å². The predicted octanol–water partition coefficient (Wildman–Crippen LogP) is 3.40. The highest BCUT2D eigenvalue weighted by molar-refractivity contribution is 9.10. The zero-order valence-electron chi connectivity index (χ0n) is 13.9. The van der Waals surface area contributed by atoms with Crippen LogP contribution >= 0.6 is 15.9 Å². The molecule has 4 nitrogen and oxygen atoms in total. The van der Waals surface area contributed by atoms with Crippen LogP contribution < -0.4 is 0 Å². The van der Waals surface area contributed by atoms with Crippen LogP contribution in [0.3, 0.4) is 0 Å². The minimum absolute atomic E-state index is 0.154. The van der Waals surface area contributed by atoms with Gasteiger partial charge < -0.3 is 4.90 Å². The van der Waals surface area contributed by atoms with Gasteiger partial charge in [0, 0.05) is 30.7 Å². The minimum atomic E-state index is -0.274. The first-order chi connectivity index (χ1) is 12.2. The number of carbonyl (C=O) groups is 1. The maximum atomic E-state index is 12.5. The molecule has 2 aromatic rings. The highest BCUT2D eigenvalue weighted by atomic mass is 79.9. The number of hydrogen-bond donors (Lipinski definition) is 0. The lowest BCUT2D eigenvalue weighted by atomic mass is 10.1. The molecule has 0 bridgehead atoms. The van der Waals surface area contributed by atoms with E-state index in [1.165, 1.54) is 0 Å². The molecule has 25 heavy (non-hydrogen) atoms. The van der Waals surface area contributed by atoms with E-state index in [1.807, 2.05) is 59.5 Å². The lowest BCUT2D eigenvalue weighted by Crippen LogP contribution is -2.49. The van der Waals surface area contributed by atoms with Crippen molar-refractivity contribution in [3.63, 3.8) is 0 Å². The number of carbonyl (C=O) groups excluding carboxylic acids is 1. The molecule has 0 spiro atoms. The van der Waals surface area contributed by atoms with Crippen molar-refractivity contribution >= 4 is 21.8 Å². The number of benzene rings is 2. The molecular formula is C20H20BrN3O. The summed E-state index contributed by atoms with van der Waals surface area (Å²) < 4.78 is 0.974. The Bertz CT molecular complexity index is 764. The first-order valence-corrected chi connectivity index (χ1v) is 9.17. The maximum absolute atomic E-state index is 12.5. The van der Waals surface area contributed by atoms with Gasteiger partial charge in [-0.15, -0.1) is 0 Å². The molecule has 1 unspecified atom stereocenters. The van der Waals surface area contributed by atoms with Crippen LogP contribution in [-0.4, -0.2) is 41.9 Å². The molecule has 5 heteroatoms. The van der Waals surface area contributed by atoms with Crippen molar-refractivity contribution in [1.82, 2.24) is 9.80 Å². The van der Waals surface area contributed by atoms with Crippen LogP contribution in [0.1, 0.15) is 17.2 Å². The smallest absolute Gasteiger partial charge is 0.227 e. The summed E-state index contributed by atoms with van der Waals surface area (Å²) in [5, 5.41) is 9.61. The molecule has 0 aliphatic carbocycles. The Morgan fingerprint density at radius 1 is 1.08 bits per heavy atom. The van der Waals surface area contributed by atoms with Crippen LogP contribution in [0.15, 0.2) is 59.1 Å². The second kappa shape index (κ2) is 8.28. The molecular weight excluding hydrogens is 378 g/mol. The summed E-state index contributed by atoms with van der Waals surface area (Å²) in [4.78, 5) is 16.5. The Balaban J connectivity index is 1.59. The lowest BCUT2D eigenvalue weighted by molar-refractivity contribution is -0.132. The maximum Gasteiger partial charge on any atom is 0.227 e. The first kappa shape index (κ1) is 17.7. The van der Waals surface area contributed by atoms with Gasteiger partial charge in [0.25, 0.3) is 0 Å². The number of piperazine rings is 1. The fourth-order valence-corrected chi connectivity index (χ4v) is 3.57. The third-order valence-corrected chi connectivity index (χ3v) is 5.01. The number of nitrogens with zero attached hydrogens (tertiary/aromatic N) is 3. The molecule has 1 aliphatic rings. The van der Waals surface area contributed by atoms with E-state index in [1.54, 1.807) is 0 Å². The molecule has 1 fully saturated rings. The highest BCUT2D eigenvalue weighted by Crippen LogP contribution is 2.24. The fraction of sp³-hybridized carbons (Fsp3) is 0.300. The van der Waals surface area contributed by atoms with Gasteiger partial charge in [-0.05, 0) is 23.3 Å². The molecule has 1 heterocycles. The van der Waals surface area contributed by atoms with Crippen LogP contribution in [0, 0.1) is 11.3 Å². The molecule has 1 aliphatic heterocycles. The van der Waals surface area contributed by atoms with Crippen LogP contribution in [0.2, 0.25) is 0 Å². The molecule has 0 saturated carbocycles. The third kappa shape index (κ3) is 4.47. The summed E-state index contributed by atoms with van der Waals surface area (Å²) >= 11 is 3.46. The van der Waals surface area contributed by atoms with Crippen molar-refractivity contribution < 1.29 is 4.79 Å². The van der Waals surface area contributed by atoms with Gasteiger partial charge in [-0.25, -0.2) is 0 Å². The fourth-order valence-electron chi connectivity index (χ4n) is 3.16. The van der Waals surface area contributed by atoms with E-state index in [2.05, 4.69) is 26.9 Å². The molecule has 128 valence electrons. The summed E-state index contributed by atoms with van der Waals surface area (Å²) in [6.45, 7) is 2.76. The van der Waals surface area contributed by atoms with Gasteiger partial charge in [0.15, 0.2) is 0 Å². The third-order valence-electron chi connectivity index (χ3n) is 4.52. The normalized spacial score (nSPS) is 16.2. The van der Waals surface area contributed by atoms with Crippen molar-refractivity contribution in [1.29, 1.82) is 5.26 Å². The number of hydrogen-bond acceptors (Lipinski definition) is 3. The number of rotatable bonds is 4. The van der Waals surface area contributed by atoms with Gasteiger partial charge in [-0.1, -0.05) is 58.4 Å². The average molecular weight is 398 g/mol. The Morgan fingerprint density at radius 3 is 2.44 bits per heavy atom. The van der Waals surface area contributed by atoms with E-state index in [0.29, 0.717) is 32.6 Å². The highest BCUT2D eigenvalue weighted by Gasteiger charge is 2.27. The summed E-state index contributed by atoms with van der Waals surface area (Å²) in [7, 11) is 0. The quantitative estimate of drug-likeness (QED) is 0.793. The monoisotopic (exact) mass is 397 g/mol. The molecule has 0 aromatic heterocycles. The van der Waals surface area contributed by atoms with Crippen molar-refractivity contribution in [3.05, 3.63) is 70.2 Å². The largest absolute Gasteiger partial charge is 0.340 e. The number of nitriles is 1. The Kier molecular flexibility index (Phi) is 5.85. The molecule has 2 aromatic carbocycles. The van der Waals surface area contributed by atoms with E-state index in [4.69, 9.17) is 0 Å². The summed E-state index contributed by atoms with van der Waals surface area (Å²) in [5.74, 6) is 0.154. The number of amides is 1. The molecule has 3 rings (SSSR count). The summed E-state index contributed by atoms with van der Waals surface area (Å²) in [6, 6.07) is 19.8. The lowest BCUT2D eigenvalue weighted by Gasteiger charge is -2.37. The van der Waals surface area contributed by atoms with Gasteiger partial charge in [-0.2, -0.15) is 5.26 Å². The van der Waals surface area contributed by atoms with Gasteiger partial charge in [0.2, 0.25) is 5.91 Å². The van der Waals surface area contributed by atoms with Crippen molar-refractivity contribution in [3.8, 4) is 6.07 Å². The molecule has 1 atom stereocenters. The van der Waals surface area contributed by atoms with Crippen LogP contribution in [-0.2, 0) is 11.2 Å². The first-order valence-electron chi connectivity index (χ1n) is 8.38. The van der Waals surface area contributed by atoms with Crippen LogP contribution in [0.5, 0.6) is 0 Å². The second-order valence-corrected chi connectivity index (χ2v) is 7.08. The van der Waals surface area contributed by atoms with Gasteiger partial charge in [0.1, 0.15) is 6.04 Å². The van der Waals surface area contributed by atoms with Crippen molar-refractivity contribution in [2.45, 2.75) is 12.5 Å². The zero-order chi connectivity index (χ0) is 17.6. The van der Waals surface area contributed by atoms with E-state index < -0.39 is 0 Å². The Labute approximate surface area is 156 Å². The Hall–Kier alpha value is -2.16. The van der Waals surface area contributed by atoms with Gasteiger partial charge in [-0.3, -0.25) is 9.69 Å². The van der Waals surface area contributed by atoms with Crippen molar-refractivity contribution in [2.75, 3.05) is 26.2 Å². The molecule has 0 N–H and O–H groups in total. The molecule has 0 radical (unpaired) electrons. The van der Waals surface area contributed by atoms with E-state index in [-0.39, 0.29) is 11.9 Å². The second-order valence-electron chi connectivity index (χ2n) is 6.17. The molecule has 1 amide bonds. The van der Waals surface area contributed by atoms with Crippen molar-refractivity contribution in [2.24, 2.45) is 0 Å². The molecule has 1 saturated heterocycles. The predicted molar refractivity (Wildman–Crippen MR) is 101 cm³/mol. The van der Waals surface area contributed by atoms with Gasteiger partial charge in [0.05, 0.1) is 12.5 Å². The topological polar surface area (TPSA) is 47.3 Å². The minimum Gasteiger partial charge on any atom is -0.340 e. The number of halogens is 1. The summed E-state index contributed by atoms with van der Waals surface area (Å²) in [5.41, 5.74) is 2.03.